The highest BCUT2D eigenvalue weighted by molar-refractivity contribution is 5.80. The largest absolute Gasteiger partial charge is 0.366 e. The molecular weight excluding hydrogens is 307 g/mol. The molecule has 0 bridgehead atoms. The molecule has 1 aromatic heterocycles. The lowest BCUT2D eigenvalue weighted by Crippen LogP contribution is -2.52. The summed E-state index contributed by atoms with van der Waals surface area (Å²) in [5.74, 6) is 0.703. The smallest absolute Gasteiger partial charge is 0.194 e. The predicted molar refractivity (Wildman–Crippen MR) is 93.6 cm³/mol. The molecular formula is C17H23FN6. The second-order valence-corrected chi connectivity index (χ2v) is 5.77. The number of nitrogens with one attached hydrogen (secondary N) is 1. The molecule has 7 heteroatoms. The molecule has 1 saturated heterocycles. The maximum absolute atomic E-state index is 13.9. The Hall–Kier alpha value is -2.57. The van der Waals surface area contributed by atoms with E-state index in [9.17, 15) is 4.39 Å². The van der Waals surface area contributed by atoms with Gasteiger partial charge < -0.3 is 15.1 Å². The number of aryl methyl sites for hydroxylation is 1. The second-order valence-electron chi connectivity index (χ2n) is 5.77. The number of benzene rings is 1. The van der Waals surface area contributed by atoms with Gasteiger partial charge in [0, 0.05) is 46.5 Å². The fourth-order valence-corrected chi connectivity index (χ4v) is 2.94. The van der Waals surface area contributed by atoms with Gasteiger partial charge in [-0.2, -0.15) is 5.10 Å². The monoisotopic (exact) mass is 330 g/mol. The molecule has 128 valence electrons. The molecule has 24 heavy (non-hydrogen) atoms. The number of hydrogen-bond donors (Lipinski definition) is 1. The van der Waals surface area contributed by atoms with Gasteiger partial charge in [0.2, 0.25) is 0 Å². The number of anilines is 1. The Morgan fingerprint density at radius 3 is 2.58 bits per heavy atom. The third-order valence-corrected chi connectivity index (χ3v) is 4.33. The van der Waals surface area contributed by atoms with Gasteiger partial charge in [-0.25, -0.2) is 4.39 Å². The lowest BCUT2D eigenvalue weighted by atomic mass is 10.2. The van der Waals surface area contributed by atoms with E-state index >= 15 is 0 Å². The topological polar surface area (TPSA) is 48.7 Å². The van der Waals surface area contributed by atoms with Crippen LogP contribution in [0.4, 0.5) is 10.1 Å². The molecule has 2 aromatic rings. The molecule has 0 radical (unpaired) electrons. The third-order valence-electron chi connectivity index (χ3n) is 4.33. The second kappa shape index (κ2) is 7.33. The number of aliphatic imine (C=N–C) groups is 1. The first kappa shape index (κ1) is 16.3. The van der Waals surface area contributed by atoms with Crippen molar-refractivity contribution in [3.63, 3.8) is 0 Å². The average molecular weight is 330 g/mol. The van der Waals surface area contributed by atoms with Crippen molar-refractivity contribution in [2.24, 2.45) is 12.0 Å². The molecule has 0 amide bonds. The highest BCUT2D eigenvalue weighted by atomic mass is 19.1. The minimum atomic E-state index is -0.162. The van der Waals surface area contributed by atoms with Crippen molar-refractivity contribution in [1.29, 1.82) is 0 Å². The van der Waals surface area contributed by atoms with Gasteiger partial charge in [0.25, 0.3) is 0 Å². The molecule has 6 nitrogen and oxygen atoms in total. The molecule has 0 spiro atoms. The van der Waals surface area contributed by atoms with Crippen LogP contribution in [0.1, 0.15) is 5.69 Å². The maximum Gasteiger partial charge on any atom is 0.194 e. The highest BCUT2D eigenvalue weighted by Crippen LogP contribution is 2.20. The zero-order chi connectivity index (χ0) is 16.9. The van der Waals surface area contributed by atoms with Gasteiger partial charge in [0.1, 0.15) is 5.82 Å². The van der Waals surface area contributed by atoms with Crippen LogP contribution in [0.15, 0.2) is 41.5 Å². The minimum Gasteiger partial charge on any atom is -0.366 e. The maximum atomic E-state index is 13.9. The van der Waals surface area contributed by atoms with Crippen LogP contribution < -0.4 is 10.2 Å². The molecule has 3 rings (SSSR count). The number of aromatic nitrogens is 2. The first-order chi connectivity index (χ1) is 11.7. The molecule has 0 saturated carbocycles. The minimum absolute atomic E-state index is 0.162. The number of piperazine rings is 1. The normalized spacial score (nSPS) is 15.7. The van der Waals surface area contributed by atoms with E-state index in [1.807, 2.05) is 29.9 Å². The molecule has 0 unspecified atom stereocenters. The van der Waals surface area contributed by atoms with Crippen molar-refractivity contribution < 1.29 is 4.39 Å². The van der Waals surface area contributed by atoms with Gasteiger partial charge in [-0.05, 0) is 18.2 Å². The summed E-state index contributed by atoms with van der Waals surface area (Å²) in [6.45, 7) is 3.83. The molecule has 1 aliphatic heterocycles. The summed E-state index contributed by atoms with van der Waals surface area (Å²) in [5, 5.41) is 7.54. The van der Waals surface area contributed by atoms with E-state index in [-0.39, 0.29) is 5.82 Å². The molecule has 2 heterocycles. The number of rotatable bonds is 3. The Labute approximate surface area is 141 Å². The molecule has 1 fully saturated rings. The van der Waals surface area contributed by atoms with Crippen molar-refractivity contribution in [2.45, 2.75) is 6.54 Å². The van der Waals surface area contributed by atoms with Gasteiger partial charge >= 0.3 is 0 Å². The van der Waals surface area contributed by atoms with Crippen molar-refractivity contribution in [1.82, 2.24) is 20.0 Å². The van der Waals surface area contributed by atoms with Gasteiger partial charge in [-0.15, -0.1) is 0 Å². The first-order valence-electron chi connectivity index (χ1n) is 8.11. The number of nitrogens with zero attached hydrogens (tertiary/aromatic N) is 5. The van der Waals surface area contributed by atoms with Gasteiger partial charge in [-0.3, -0.25) is 9.67 Å². The number of halogens is 1. The lowest BCUT2D eigenvalue weighted by Gasteiger charge is -2.37. The van der Waals surface area contributed by atoms with E-state index in [0.717, 1.165) is 37.8 Å². The van der Waals surface area contributed by atoms with Gasteiger partial charge in [0.05, 0.1) is 17.9 Å². The number of para-hydroxylation sites is 1. The number of guanidine groups is 1. The summed E-state index contributed by atoms with van der Waals surface area (Å²) < 4.78 is 15.8. The van der Waals surface area contributed by atoms with Crippen LogP contribution in [0.25, 0.3) is 0 Å². The quantitative estimate of drug-likeness (QED) is 0.684. The van der Waals surface area contributed by atoms with E-state index in [1.165, 1.54) is 6.07 Å². The van der Waals surface area contributed by atoms with Crippen molar-refractivity contribution in [3.8, 4) is 0 Å². The summed E-state index contributed by atoms with van der Waals surface area (Å²) in [6, 6.07) is 8.92. The summed E-state index contributed by atoms with van der Waals surface area (Å²) >= 11 is 0. The zero-order valence-corrected chi connectivity index (χ0v) is 14.1. The van der Waals surface area contributed by atoms with E-state index in [4.69, 9.17) is 0 Å². The molecule has 0 aliphatic carbocycles. The average Bonchev–Trinajstić information content (AvgIpc) is 3.02. The van der Waals surface area contributed by atoms with Crippen molar-refractivity contribution >= 4 is 11.6 Å². The van der Waals surface area contributed by atoms with Crippen molar-refractivity contribution in [3.05, 3.63) is 48.0 Å². The molecule has 1 aromatic carbocycles. The summed E-state index contributed by atoms with van der Waals surface area (Å²) in [7, 11) is 3.71. The molecule has 0 atom stereocenters. The van der Waals surface area contributed by atoms with Crippen LogP contribution in [0, 0.1) is 5.82 Å². The fraction of sp³-hybridized carbons (Fsp3) is 0.412. The SMILES string of the molecule is CN=C(NCc1ccnn1C)N1CCN(c2ccccc2F)CC1. The predicted octanol–water partition coefficient (Wildman–Crippen LogP) is 1.46. The van der Waals surface area contributed by atoms with Gasteiger partial charge in [-0.1, -0.05) is 12.1 Å². The Balaban J connectivity index is 1.57. The van der Waals surface area contributed by atoms with E-state index in [0.29, 0.717) is 12.2 Å². The Kier molecular flexibility index (Phi) is 4.98. The van der Waals surface area contributed by atoms with Crippen LogP contribution in [-0.2, 0) is 13.6 Å². The van der Waals surface area contributed by atoms with Crippen LogP contribution in [0.2, 0.25) is 0 Å². The highest BCUT2D eigenvalue weighted by Gasteiger charge is 2.21. The Morgan fingerprint density at radius 2 is 1.96 bits per heavy atom. The van der Waals surface area contributed by atoms with Crippen LogP contribution in [0.5, 0.6) is 0 Å². The molecule has 1 aliphatic rings. The molecule has 1 N–H and O–H groups in total. The van der Waals surface area contributed by atoms with Crippen LogP contribution in [-0.4, -0.2) is 53.9 Å². The summed E-state index contributed by atoms with van der Waals surface area (Å²) in [5.41, 5.74) is 1.77. The third kappa shape index (κ3) is 3.50. The summed E-state index contributed by atoms with van der Waals surface area (Å²) in [6.07, 6.45) is 1.78. The number of hydrogen-bond acceptors (Lipinski definition) is 3. The van der Waals surface area contributed by atoms with Crippen LogP contribution in [0.3, 0.4) is 0 Å². The van der Waals surface area contributed by atoms with E-state index in [1.54, 1.807) is 19.3 Å². The van der Waals surface area contributed by atoms with Crippen molar-refractivity contribution in [2.75, 3.05) is 38.1 Å². The lowest BCUT2D eigenvalue weighted by molar-refractivity contribution is 0.370. The van der Waals surface area contributed by atoms with E-state index < -0.39 is 0 Å². The Morgan fingerprint density at radius 1 is 1.21 bits per heavy atom. The zero-order valence-electron chi connectivity index (χ0n) is 14.1. The standard InChI is InChI=1S/C17H23FN6/c1-19-17(20-13-14-7-8-21-22(14)2)24-11-9-23(10-12-24)16-6-4-3-5-15(16)18/h3-8H,9-13H2,1-2H3,(H,19,20). The van der Waals surface area contributed by atoms with E-state index in [2.05, 4.69) is 25.2 Å². The fourth-order valence-electron chi connectivity index (χ4n) is 2.94. The van der Waals surface area contributed by atoms with Gasteiger partial charge in [0.15, 0.2) is 5.96 Å². The Bertz CT molecular complexity index is 703. The first-order valence-corrected chi connectivity index (χ1v) is 8.11. The summed E-state index contributed by atoms with van der Waals surface area (Å²) in [4.78, 5) is 8.65. The van der Waals surface area contributed by atoms with Crippen LogP contribution >= 0.6 is 0 Å².